The van der Waals surface area contributed by atoms with E-state index in [0.717, 1.165) is 12.8 Å². The van der Waals surface area contributed by atoms with Crippen molar-refractivity contribution in [2.45, 2.75) is 45.7 Å². The summed E-state index contributed by atoms with van der Waals surface area (Å²) in [5.74, 6) is -0.208. The number of nitrogens with one attached hydrogen (secondary N) is 1. The van der Waals surface area contributed by atoms with Gasteiger partial charge in [-0.3, -0.25) is 9.59 Å². The lowest BCUT2D eigenvalue weighted by molar-refractivity contribution is -0.150. The first-order valence-corrected chi connectivity index (χ1v) is 7.44. The Morgan fingerprint density at radius 3 is 2.75 bits per heavy atom. The van der Waals surface area contributed by atoms with Crippen LogP contribution >= 0.6 is 0 Å². The van der Waals surface area contributed by atoms with Gasteiger partial charge in [0.25, 0.3) is 0 Å². The largest absolute Gasteiger partial charge is 0.377 e. The smallest absolute Gasteiger partial charge is 0.245 e. The van der Waals surface area contributed by atoms with E-state index in [-0.39, 0.29) is 24.3 Å². The SMILES string of the molecule is CCCNC(=O)C1COCCN1C(=O)[C@@H](N)[C@@H](C)CC. The minimum absolute atomic E-state index is 0.102. The van der Waals surface area contributed by atoms with Crippen molar-refractivity contribution in [1.29, 1.82) is 0 Å². The van der Waals surface area contributed by atoms with E-state index >= 15 is 0 Å². The maximum atomic E-state index is 12.5. The van der Waals surface area contributed by atoms with E-state index in [1.807, 2.05) is 20.8 Å². The summed E-state index contributed by atoms with van der Waals surface area (Å²) in [7, 11) is 0. The summed E-state index contributed by atoms with van der Waals surface area (Å²) in [6.45, 7) is 7.67. The average Bonchev–Trinajstić information content (AvgIpc) is 2.50. The second kappa shape index (κ2) is 8.21. The molecule has 116 valence electrons. The summed E-state index contributed by atoms with van der Waals surface area (Å²) in [5.41, 5.74) is 6.00. The van der Waals surface area contributed by atoms with Gasteiger partial charge in [-0.15, -0.1) is 0 Å². The summed E-state index contributed by atoms with van der Waals surface area (Å²) < 4.78 is 5.33. The Balaban J connectivity index is 2.72. The van der Waals surface area contributed by atoms with Crippen LogP contribution in [0.1, 0.15) is 33.6 Å². The molecular formula is C14H27N3O3. The Morgan fingerprint density at radius 2 is 2.15 bits per heavy atom. The lowest BCUT2D eigenvalue weighted by atomic mass is 9.98. The molecule has 3 N–H and O–H groups in total. The number of rotatable bonds is 6. The minimum atomic E-state index is -0.557. The summed E-state index contributed by atoms with van der Waals surface area (Å²) in [5, 5.41) is 2.82. The molecule has 0 aromatic carbocycles. The van der Waals surface area contributed by atoms with Crippen LogP contribution < -0.4 is 11.1 Å². The molecule has 1 aliphatic heterocycles. The van der Waals surface area contributed by atoms with Crippen molar-refractivity contribution in [2.75, 3.05) is 26.3 Å². The second-order valence-corrected chi connectivity index (χ2v) is 5.32. The van der Waals surface area contributed by atoms with Gasteiger partial charge in [0.2, 0.25) is 11.8 Å². The molecule has 0 radical (unpaired) electrons. The molecule has 0 aromatic heterocycles. The highest BCUT2D eigenvalue weighted by atomic mass is 16.5. The summed E-state index contributed by atoms with van der Waals surface area (Å²) >= 11 is 0. The quantitative estimate of drug-likeness (QED) is 0.725. The van der Waals surface area contributed by atoms with Crippen LogP contribution in [-0.2, 0) is 14.3 Å². The minimum Gasteiger partial charge on any atom is -0.377 e. The van der Waals surface area contributed by atoms with E-state index in [1.165, 1.54) is 0 Å². The second-order valence-electron chi connectivity index (χ2n) is 5.32. The molecule has 6 heteroatoms. The monoisotopic (exact) mass is 285 g/mol. The number of nitrogens with zero attached hydrogens (tertiary/aromatic N) is 1. The van der Waals surface area contributed by atoms with Gasteiger partial charge in [-0.25, -0.2) is 0 Å². The molecule has 1 fully saturated rings. The average molecular weight is 285 g/mol. The predicted octanol–water partition coefficient (Wildman–Crippen LogP) is 0.113. The van der Waals surface area contributed by atoms with Crippen LogP contribution in [0.5, 0.6) is 0 Å². The Bertz CT molecular complexity index is 336. The predicted molar refractivity (Wildman–Crippen MR) is 77.1 cm³/mol. The lowest BCUT2D eigenvalue weighted by Crippen LogP contribution is -2.60. The zero-order valence-corrected chi connectivity index (χ0v) is 12.7. The zero-order valence-electron chi connectivity index (χ0n) is 12.7. The number of morpholine rings is 1. The molecule has 1 aliphatic rings. The maximum absolute atomic E-state index is 12.5. The summed E-state index contributed by atoms with van der Waals surface area (Å²) in [6, 6.07) is -1.11. The van der Waals surface area contributed by atoms with Gasteiger partial charge in [-0.2, -0.15) is 0 Å². The molecule has 3 atom stereocenters. The topological polar surface area (TPSA) is 84.7 Å². The summed E-state index contributed by atoms with van der Waals surface area (Å²) in [4.78, 5) is 26.1. The fourth-order valence-electron chi connectivity index (χ4n) is 2.14. The van der Waals surface area contributed by atoms with Gasteiger partial charge in [-0.05, 0) is 12.3 Å². The van der Waals surface area contributed by atoms with Crippen molar-refractivity contribution >= 4 is 11.8 Å². The first-order valence-electron chi connectivity index (χ1n) is 7.44. The van der Waals surface area contributed by atoms with Crippen molar-refractivity contribution in [3.8, 4) is 0 Å². The van der Waals surface area contributed by atoms with Crippen molar-refractivity contribution in [1.82, 2.24) is 10.2 Å². The zero-order chi connectivity index (χ0) is 15.1. The van der Waals surface area contributed by atoms with E-state index < -0.39 is 12.1 Å². The van der Waals surface area contributed by atoms with Crippen LogP contribution in [0.15, 0.2) is 0 Å². The molecule has 1 heterocycles. The van der Waals surface area contributed by atoms with Crippen LogP contribution in [0, 0.1) is 5.92 Å². The first-order chi connectivity index (χ1) is 9.52. The normalized spacial score (nSPS) is 22.2. The highest BCUT2D eigenvalue weighted by Gasteiger charge is 2.35. The maximum Gasteiger partial charge on any atom is 0.245 e. The van der Waals surface area contributed by atoms with E-state index in [4.69, 9.17) is 10.5 Å². The third kappa shape index (κ3) is 4.18. The van der Waals surface area contributed by atoms with Gasteiger partial charge in [0.15, 0.2) is 0 Å². The molecule has 6 nitrogen and oxygen atoms in total. The van der Waals surface area contributed by atoms with Crippen LogP contribution in [0.4, 0.5) is 0 Å². The summed E-state index contributed by atoms with van der Waals surface area (Å²) in [6.07, 6.45) is 1.70. The van der Waals surface area contributed by atoms with E-state index in [9.17, 15) is 9.59 Å². The van der Waals surface area contributed by atoms with Crippen molar-refractivity contribution in [3.05, 3.63) is 0 Å². The highest BCUT2D eigenvalue weighted by Crippen LogP contribution is 2.14. The van der Waals surface area contributed by atoms with Gasteiger partial charge < -0.3 is 20.7 Å². The number of hydrogen-bond donors (Lipinski definition) is 2. The number of ether oxygens (including phenoxy) is 1. The van der Waals surface area contributed by atoms with Gasteiger partial charge in [-0.1, -0.05) is 27.2 Å². The van der Waals surface area contributed by atoms with Crippen molar-refractivity contribution in [3.63, 3.8) is 0 Å². The number of carbonyl (C=O) groups excluding carboxylic acids is 2. The fourth-order valence-corrected chi connectivity index (χ4v) is 2.14. The third-order valence-electron chi connectivity index (χ3n) is 3.81. The lowest BCUT2D eigenvalue weighted by Gasteiger charge is -2.37. The van der Waals surface area contributed by atoms with Crippen molar-refractivity contribution < 1.29 is 14.3 Å². The molecule has 1 unspecified atom stereocenters. The van der Waals surface area contributed by atoms with Gasteiger partial charge in [0, 0.05) is 13.1 Å². The van der Waals surface area contributed by atoms with Crippen LogP contribution in [0.2, 0.25) is 0 Å². The molecule has 0 bridgehead atoms. The molecule has 0 aliphatic carbocycles. The van der Waals surface area contributed by atoms with Crippen molar-refractivity contribution in [2.24, 2.45) is 11.7 Å². The fraction of sp³-hybridized carbons (Fsp3) is 0.857. The van der Waals surface area contributed by atoms with E-state index in [2.05, 4.69) is 5.32 Å². The van der Waals surface area contributed by atoms with Crippen LogP contribution in [0.3, 0.4) is 0 Å². The van der Waals surface area contributed by atoms with Crippen LogP contribution in [-0.4, -0.2) is 55.1 Å². The number of carbonyl (C=O) groups is 2. The Morgan fingerprint density at radius 1 is 1.45 bits per heavy atom. The first kappa shape index (κ1) is 16.9. The van der Waals surface area contributed by atoms with Gasteiger partial charge >= 0.3 is 0 Å². The van der Waals surface area contributed by atoms with E-state index in [0.29, 0.717) is 19.7 Å². The number of amides is 2. The molecule has 2 amide bonds. The highest BCUT2D eigenvalue weighted by molar-refractivity contribution is 5.90. The number of nitrogens with two attached hydrogens (primary N) is 1. The standard InChI is InChI=1S/C14H27N3O3/c1-4-6-16-13(18)11-9-20-8-7-17(11)14(19)12(15)10(3)5-2/h10-12H,4-9,15H2,1-3H3,(H,16,18)/t10-,11?,12-/m0/s1. The Labute approximate surface area is 121 Å². The number of hydrogen-bond acceptors (Lipinski definition) is 4. The molecule has 1 rings (SSSR count). The molecule has 20 heavy (non-hydrogen) atoms. The molecular weight excluding hydrogens is 258 g/mol. The molecule has 1 saturated heterocycles. The van der Waals surface area contributed by atoms with Gasteiger partial charge in [0.05, 0.1) is 19.3 Å². The molecule has 0 spiro atoms. The molecule has 0 aromatic rings. The van der Waals surface area contributed by atoms with Crippen LogP contribution in [0.25, 0.3) is 0 Å². The third-order valence-corrected chi connectivity index (χ3v) is 3.81. The molecule has 0 saturated carbocycles. The Hall–Kier alpha value is -1.14. The Kier molecular flexibility index (Phi) is 6.95. The van der Waals surface area contributed by atoms with E-state index in [1.54, 1.807) is 4.90 Å². The van der Waals surface area contributed by atoms with Gasteiger partial charge in [0.1, 0.15) is 6.04 Å².